The van der Waals surface area contributed by atoms with E-state index in [0.717, 1.165) is 19.3 Å². The maximum atomic E-state index is 12.6. The molecule has 3 rings (SSSR count). The third-order valence-corrected chi connectivity index (χ3v) is 6.47. The Hall–Kier alpha value is -1.67. The summed E-state index contributed by atoms with van der Waals surface area (Å²) in [5.74, 6) is 0.233. The van der Waals surface area contributed by atoms with Gasteiger partial charge in [0.1, 0.15) is 10.7 Å². The molecule has 0 aliphatic carbocycles. The van der Waals surface area contributed by atoms with Crippen LogP contribution in [0, 0.1) is 5.92 Å². The Balaban J connectivity index is 1.73. The van der Waals surface area contributed by atoms with Crippen LogP contribution in [0.1, 0.15) is 25.7 Å². The zero-order valence-corrected chi connectivity index (χ0v) is 13.8. The molecule has 8 heteroatoms. The summed E-state index contributed by atoms with van der Waals surface area (Å²) in [4.78, 5) is 17.7. The third-order valence-electron chi connectivity index (χ3n) is 4.59. The fourth-order valence-electron chi connectivity index (χ4n) is 3.17. The number of carbonyl (C=O) groups is 1. The zero-order valence-electron chi connectivity index (χ0n) is 13.0. The lowest BCUT2D eigenvalue weighted by Gasteiger charge is -2.26. The molecular formula is C15H22N4O3S. The highest BCUT2D eigenvalue weighted by atomic mass is 32.2. The fraction of sp³-hybridized carbons (Fsp3) is 0.600. The smallest absolute Gasteiger partial charge is 0.244 e. The van der Waals surface area contributed by atoms with Crippen molar-refractivity contribution < 1.29 is 13.2 Å². The molecule has 0 radical (unpaired) electrons. The summed E-state index contributed by atoms with van der Waals surface area (Å²) in [5, 5.41) is 0. The lowest BCUT2D eigenvalue weighted by Crippen LogP contribution is -2.35. The summed E-state index contributed by atoms with van der Waals surface area (Å²) < 4.78 is 26.7. The molecule has 1 aromatic heterocycles. The number of amides is 1. The molecule has 2 N–H and O–H groups in total. The maximum Gasteiger partial charge on any atom is 0.244 e. The second kappa shape index (κ2) is 6.45. The molecule has 0 bridgehead atoms. The number of carbonyl (C=O) groups excluding carboxylic acids is 1. The Morgan fingerprint density at radius 1 is 1.17 bits per heavy atom. The second-order valence-electron chi connectivity index (χ2n) is 6.15. The van der Waals surface area contributed by atoms with Crippen LogP contribution in [0.5, 0.6) is 0 Å². The van der Waals surface area contributed by atoms with Gasteiger partial charge in [-0.25, -0.2) is 13.4 Å². The van der Waals surface area contributed by atoms with E-state index in [4.69, 9.17) is 5.73 Å². The van der Waals surface area contributed by atoms with Gasteiger partial charge in [-0.15, -0.1) is 0 Å². The van der Waals surface area contributed by atoms with Crippen LogP contribution < -0.4 is 10.6 Å². The molecule has 1 atom stereocenters. The average molecular weight is 338 g/mol. The van der Waals surface area contributed by atoms with E-state index in [1.54, 1.807) is 12.1 Å². The van der Waals surface area contributed by atoms with Gasteiger partial charge in [0.2, 0.25) is 15.9 Å². The van der Waals surface area contributed by atoms with Crippen molar-refractivity contribution in [3.63, 3.8) is 0 Å². The first-order valence-electron chi connectivity index (χ1n) is 7.99. The number of anilines is 1. The number of primary amides is 1. The minimum absolute atomic E-state index is 0.159. The first-order valence-corrected chi connectivity index (χ1v) is 9.43. The highest BCUT2D eigenvalue weighted by Gasteiger charge is 2.29. The molecule has 126 valence electrons. The van der Waals surface area contributed by atoms with Crippen LogP contribution in [-0.2, 0) is 14.8 Å². The molecule has 7 nitrogen and oxygen atoms in total. The van der Waals surface area contributed by atoms with Crippen LogP contribution in [0.15, 0.2) is 23.2 Å². The fourth-order valence-corrected chi connectivity index (χ4v) is 4.63. The number of hydrogen-bond acceptors (Lipinski definition) is 5. The van der Waals surface area contributed by atoms with Gasteiger partial charge in [0.25, 0.3) is 0 Å². The van der Waals surface area contributed by atoms with E-state index in [2.05, 4.69) is 4.98 Å². The first kappa shape index (κ1) is 16.2. The molecule has 0 saturated carbocycles. The minimum Gasteiger partial charge on any atom is -0.369 e. The van der Waals surface area contributed by atoms with Gasteiger partial charge < -0.3 is 10.6 Å². The molecule has 3 heterocycles. The molecule has 1 aromatic rings. The lowest BCUT2D eigenvalue weighted by atomic mass is 10.1. The van der Waals surface area contributed by atoms with Gasteiger partial charge in [-0.05, 0) is 31.4 Å². The van der Waals surface area contributed by atoms with Crippen LogP contribution >= 0.6 is 0 Å². The highest BCUT2D eigenvalue weighted by Crippen LogP contribution is 2.24. The first-order chi connectivity index (χ1) is 11.0. The van der Waals surface area contributed by atoms with Crippen LogP contribution in [0.2, 0.25) is 0 Å². The number of aromatic nitrogens is 1. The van der Waals surface area contributed by atoms with Gasteiger partial charge in [-0.2, -0.15) is 4.31 Å². The van der Waals surface area contributed by atoms with Crippen molar-refractivity contribution in [1.29, 1.82) is 0 Å². The summed E-state index contributed by atoms with van der Waals surface area (Å²) in [6.45, 7) is 2.41. The van der Waals surface area contributed by atoms with Crippen molar-refractivity contribution in [2.45, 2.75) is 30.6 Å². The normalized spacial score (nSPS) is 23.1. The van der Waals surface area contributed by atoms with Gasteiger partial charge in [-0.1, -0.05) is 6.42 Å². The van der Waals surface area contributed by atoms with Crippen molar-refractivity contribution in [3.05, 3.63) is 18.3 Å². The largest absolute Gasteiger partial charge is 0.369 e. The number of piperidine rings is 1. The van der Waals surface area contributed by atoms with Gasteiger partial charge in [0.15, 0.2) is 0 Å². The molecule has 0 spiro atoms. The molecule has 2 saturated heterocycles. The summed E-state index contributed by atoms with van der Waals surface area (Å²) in [6.07, 6.45) is 5.03. The second-order valence-corrected chi connectivity index (χ2v) is 8.09. The number of hydrogen-bond donors (Lipinski definition) is 1. The summed E-state index contributed by atoms with van der Waals surface area (Å²) >= 11 is 0. The van der Waals surface area contributed by atoms with Gasteiger partial charge in [-0.3, -0.25) is 4.79 Å². The van der Waals surface area contributed by atoms with Crippen molar-refractivity contribution >= 4 is 21.7 Å². The van der Waals surface area contributed by atoms with E-state index in [1.165, 1.54) is 10.5 Å². The third kappa shape index (κ3) is 3.32. The molecule has 2 aliphatic heterocycles. The quantitative estimate of drug-likeness (QED) is 0.865. The van der Waals surface area contributed by atoms with Crippen molar-refractivity contribution in [2.24, 2.45) is 11.7 Å². The van der Waals surface area contributed by atoms with E-state index < -0.39 is 10.0 Å². The summed E-state index contributed by atoms with van der Waals surface area (Å²) in [6, 6.07) is 3.31. The molecule has 1 amide bonds. The predicted octanol–water partition coefficient (Wildman–Crippen LogP) is 0.568. The van der Waals surface area contributed by atoms with Crippen LogP contribution in [0.4, 0.5) is 5.82 Å². The molecule has 2 fully saturated rings. The number of pyridine rings is 1. The molecule has 23 heavy (non-hydrogen) atoms. The van der Waals surface area contributed by atoms with E-state index in [9.17, 15) is 13.2 Å². The Morgan fingerprint density at radius 3 is 2.48 bits per heavy atom. The Morgan fingerprint density at radius 2 is 1.91 bits per heavy atom. The van der Waals surface area contributed by atoms with Crippen molar-refractivity contribution in [3.8, 4) is 0 Å². The van der Waals surface area contributed by atoms with E-state index in [1.807, 2.05) is 4.90 Å². The SMILES string of the molecule is NC(=O)[C@@H]1CCN(c2ccc(S(=O)(=O)N3CCCCC3)cn2)C1. The van der Waals surface area contributed by atoms with E-state index in [-0.39, 0.29) is 16.7 Å². The van der Waals surface area contributed by atoms with Crippen LogP contribution in [0.25, 0.3) is 0 Å². The summed E-state index contributed by atoms with van der Waals surface area (Å²) in [7, 11) is -3.45. The van der Waals surface area contributed by atoms with Gasteiger partial charge in [0, 0.05) is 32.4 Å². The Kier molecular flexibility index (Phi) is 4.54. The van der Waals surface area contributed by atoms with Crippen LogP contribution in [-0.4, -0.2) is 49.8 Å². The van der Waals surface area contributed by atoms with Crippen LogP contribution in [0.3, 0.4) is 0 Å². The number of rotatable bonds is 4. The summed E-state index contributed by atoms with van der Waals surface area (Å²) in [5.41, 5.74) is 5.33. The Labute approximate surface area is 136 Å². The number of nitrogens with two attached hydrogens (primary N) is 1. The zero-order chi connectivity index (χ0) is 16.4. The number of sulfonamides is 1. The number of nitrogens with zero attached hydrogens (tertiary/aromatic N) is 3. The maximum absolute atomic E-state index is 12.6. The van der Waals surface area contributed by atoms with Gasteiger partial charge in [0.05, 0.1) is 5.92 Å². The molecular weight excluding hydrogens is 316 g/mol. The Bertz CT molecular complexity index is 668. The highest BCUT2D eigenvalue weighted by molar-refractivity contribution is 7.89. The van der Waals surface area contributed by atoms with E-state index >= 15 is 0 Å². The molecule has 0 aromatic carbocycles. The standard InChI is InChI=1S/C15H22N4O3S/c16-15(20)12-6-9-18(11-12)14-5-4-13(10-17-14)23(21,22)19-7-2-1-3-8-19/h4-5,10,12H,1-3,6-9,11H2,(H2,16,20)/t12-/m1/s1. The molecule has 2 aliphatic rings. The van der Waals surface area contributed by atoms with Crippen molar-refractivity contribution in [2.75, 3.05) is 31.1 Å². The van der Waals surface area contributed by atoms with Gasteiger partial charge >= 0.3 is 0 Å². The predicted molar refractivity (Wildman–Crippen MR) is 86.4 cm³/mol. The lowest BCUT2D eigenvalue weighted by molar-refractivity contribution is -0.121. The average Bonchev–Trinajstić information content (AvgIpc) is 3.06. The van der Waals surface area contributed by atoms with E-state index in [0.29, 0.717) is 38.4 Å². The van der Waals surface area contributed by atoms with Crippen molar-refractivity contribution in [1.82, 2.24) is 9.29 Å². The molecule has 0 unspecified atom stereocenters. The minimum atomic E-state index is -3.45. The topological polar surface area (TPSA) is 96.6 Å². The monoisotopic (exact) mass is 338 g/mol.